The predicted octanol–water partition coefficient (Wildman–Crippen LogP) is 8.40. The molecule has 0 aliphatic heterocycles. The molecule has 0 atom stereocenters. The number of allylic oxidation sites excluding steroid dienone is 11. The zero-order chi connectivity index (χ0) is 24.8. The molecular weight excluding hydrogens is 426 g/mol. The van der Waals surface area contributed by atoms with Gasteiger partial charge in [-0.3, -0.25) is 4.57 Å². The van der Waals surface area contributed by atoms with E-state index in [0.29, 0.717) is 0 Å². The lowest BCUT2D eigenvalue weighted by Gasteiger charge is -2.19. The molecular formula is C32H33N3. The summed E-state index contributed by atoms with van der Waals surface area (Å²) in [6, 6.07) is 18.8. The molecule has 35 heavy (non-hydrogen) atoms. The van der Waals surface area contributed by atoms with E-state index in [0.717, 1.165) is 34.9 Å². The minimum Gasteiger partial charge on any atom is -0.275 e. The molecule has 0 saturated heterocycles. The van der Waals surface area contributed by atoms with Crippen LogP contribution in [0.25, 0.3) is 28.2 Å². The lowest BCUT2D eigenvalue weighted by Crippen LogP contribution is -2.06. The lowest BCUT2D eigenvalue weighted by atomic mass is 9.87. The van der Waals surface area contributed by atoms with Crippen molar-refractivity contribution < 1.29 is 0 Å². The fraction of sp³-hybridized carbons (Fsp3) is 0.188. The molecule has 0 fully saturated rings. The second-order valence-electron chi connectivity index (χ2n) is 9.70. The third-order valence-corrected chi connectivity index (χ3v) is 6.32. The number of rotatable bonds is 6. The summed E-state index contributed by atoms with van der Waals surface area (Å²) >= 11 is 0. The standard InChI is InChI=1S/C32H33N3/c1-6-25(19-18-24(2)32(3,4)5)30-33-34-31(35(30)29-16-12-9-13-17-29)28-22-20-27(21-23-28)26-14-10-7-8-11-15-26/h6-10,12-23H,1,11H2,2-5H3/b24-18+,25-19+. The highest BCUT2D eigenvalue weighted by Crippen LogP contribution is 2.30. The van der Waals surface area contributed by atoms with Crippen molar-refractivity contribution in [2.75, 3.05) is 0 Å². The summed E-state index contributed by atoms with van der Waals surface area (Å²) in [5.74, 6) is 1.57. The lowest BCUT2D eigenvalue weighted by molar-refractivity contribution is 0.504. The minimum absolute atomic E-state index is 0.0980. The third-order valence-electron chi connectivity index (χ3n) is 6.32. The highest BCUT2D eigenvalue weighted by Gasteiger charge is 2.18. The van der Waals surface area contributed by atoms with Gasteiger partial charge in [0.2, 0.25) is 0 Å². The Balaban J connectivity index is 1.79. The van der Waals surface area contributed by atoms with E-state index in [-0.39, 0.29) is 5.41 Å². The first-order valence-corrected chi connectivity index (χ1v) is 12.1. The van der Waals surface area contributed by atoms with Crippen molar-refractivity contribution in [2.24, 2.45) is 5.41 Å². The van der Waals surface area contributed by atoms with Gasteiger partial charge in [0.15, 0.2) is 11.6 Å². The summed E-state index contributed by atoms with van der Waals surface area (Å²) in [4.78, 5) is 0. The Bertz CT molecular complexity index is 1340. The highest BCUT2D eigenvalue weighted by atomic mass is 15.3. The van der Waals surface area contributed by atoms with Crippen LogP contribution in [0.1, 0.15) is 45.5 Å². The van der Waals surface area contributed by atoms with Gasteiger partial charge in [-0.2, -0.15) is 0 Å². The summed E-state index contributed by atoms with van der Waals surface area (Å²) in [6.07, 6.45) is 17.8. The first-order chi connectivity index (χ1) is 16.9. The van der Waals surface area contributed by atoms with Crippen LogP contribution in [-0.2, 0) is 0 Å². The summed E-state index contributed by atoms with van der Waals surface area (Å²) in [6.45, 7) is 12.9. The number of hydrogen-bond donors (Lipinski definition) is 0. The van der Waals surface area contributed by atoms with Crippen LogP contribution in [0.15, 0.2) is 115 Å². The summed E-state index contributed by atoms with van der Waals surface area (Å²) in [5.41, 5.74) is 6.75. The van der Waals surface area contributed by atoms with E-state index in [1.165, 1.54) is 16.7 Å². The Hall–Kier alpha value is -3.98. The Morgan fingerprint density at radius 1 is 0.914 bits per heavy atom. The van der Waals surface area contributed by atoms with Crippen molar-refractivity contribution in [2.45, 2.75) is 34.1 Å². The quantitative estimate of drug-likeness (QED) is 0.346. The monoisotopic (exact) mass is 459 g/mol. The molecule has 0 amide bonds. The van der Waals surface area contributed by atoms with Crippen LogP contribution in [-0.4, -0.2) is 14.8 Å². The van der Waals surface area contributed by atoms with Crippen molar-refractivity contribution in [1.82, 2.24) is 14.8 Å². The maximum atomic E-state index is 4.63. The number of hydrogen-bond acceptors (Lipinski definition) is 2. The van der Waals surface area contributed by atoms with Crippen LogP contribution >= 0.6 is 0 Å². The van der Waals surface area contributed by atoms with Gasteiger partial charge in [-0.15, -0.1) is 10.2 Å². The fourth-order valence-electron chi connectivity index (χ4n) is 3.78. The van der Waals surface area contributed by atoms with Gasteiger partial charge in [-0.1, -0.05) is 124 Å². The Morgan fingerprint density at radius 2 is 1.63 bits per heavy atom. The molecule has 0 unspecified atom stereocenters. The molecule has 176 valence electrons. The van der Waals surface area contributed by atoms with Gasteiger partial charge in [0.25, 0.3) is 0 Å². The topological polar surface area (TPSA) is 30.7 Å². The van der Waals surface area contributed by atoms with E-state index in [2.05, 4.69) is 128 Å². The Morgan fingerprint density at radius 3 is 2.31 bits per heavy atom. The zero-order valence-corrected chi connectivity index (χ0v) is 21.1. The third kappa shape index (κ3) is 5.58. The molecule has 0 N–H and O–H groups in total. The van der Waals surface area contributed by atoms with Gasteiger partial charge in [-0.25, -0.2) is 0 Å². The summed E-state index contributed by atoms with van der Waals surface area (Å²) in [7, 11) is 0. The van der Waals surface area contributed by atoms with E-state index in [4.69, 9.17) is 0 Å². The first kappa shape index (κ1) is 24.2. The van der Waals surface area contributed by atoms with Crippen LogP contribution in [0, 0.1) is 5.41 Å². The van der Waals surface area contributed by atoms with Crippen molar-refractivity contribution in [3.63, 3.8) is 0 Å². The summed E-state index contributed by atoms with van der Waals surface area (Å²) in [5, 5.41) is 9.25. The van der Waals surface area contributed by atoms with Crippen LogP contribution in [0.5, 0.6) is 0 Å². The average molecular weight is 460 g/mol. The minimum atomic E-state index is 0.0980. The maximum absolute atomic E-state index is 4.63. The molecule has 1 aliphatic carbocycles. The molecule has 1 aromatic heterocycles. The van der Waals surface area contributed by atoms with Gasteiger partial charge in [0.05, 0.1) is 0 Å². The van der Waals surface area contributed by atoms with Gasteiger partial charge in [0, 0.05) is 16.8 Å². The second-order valence-corrected chi connectivity index (χ2v) is 9.70. The van der Waals surface area contributed by atoms with E-state index >= 15 is 0 Å². The largest absolute Gasteiger partial charge is 0.275 e. The molecule has 0 radical (unpaired) electrons. The number of para-hydroxylation sites is 1. The fourth-order valence-corrected chi connectivity index (χ4v) is 3.78. The summed E-state index contributed by atoms with van der Waals surface area (Å²) < 4.78 is 2.11. The van der Waals surface area contributed by atoms with Crippen molar-refractivity contribution >= 4 is 11.1 Å². The smallest absolute Gasteiger partial charge is 0.168 e. The molecule has 4 rings (SSSR count). The van der Waals surface area contributed by atoms with Crippen LogP contribution in [0.3, 0.4) is 0 Å². The number of nitrogens with zero attached hydrogens (tertiary/aromatic N) is 3. The molecule has 3 heteroatoms. The van der Waals surface area contributed by atoms with Crippen LogP contribution < -0.4 is 0 Å². The molecule has 3 nitrogen and oxygen atoms in total. The molecule has 1 heterocycles. The van der Waals surface area contributed by atoms with Crippen LogP contribution in [0.2, 0.25) is 0 Å². The van der Waals surface area contributed by atoms with E-state index in [1.807, 2.05) is 24.3 Å². The van der Waals surface area contributed by atoms with Gasteiger partial charge < -0.3 is 0 Å². The van der Waals surface area contributed by atoms with Crippen molar-refractivity contribution in [3.8, 4) is 17.1 Å². The molecule has 0 saturated carbocycles. The van der Waals surface area contributed by atoms with Gasteiger partial charge in [0.1, 0.15) is 0 Å². The first-order valence-electron chi connectivity index (χ1n) is 12.1. The van der Waals surface area contributed by atoms with Gasteiger partial charge >= 0.3 is 0 Å². The normalized spacial score (nSPS) is 14.6. The second kappa shape index (κ2) is 10.5. The average Bonchev–Trinajstić information content (AvgIpc) is 3.11. The van der Waals surface area contributed by atoms with E-state index in [1.54, 1.807) is 0 Å². The Labute approximate surface area is 209 Å². The highest BCUT2D eigenvalue weighted by molar-refractivity contribution is 5.77. The Kier molecular flexibility index (Phi) is 7.26. The maximum Gasteiger partial charge on any atom is 0.168 e. The molecule has 0 bridgehead atoms. The SMILES string of the molecule is C=C/C(=C\C=C(/C)C(C)(C)C)c1nnc(-c2ccc(C3=CCC=CC=C3)cc2)n1-c1ccccc1. The molecule has 3 aromatic rings. The predicted molar refractivity (Wildman–Crippen MR) is 149 cm³/mol. The molecule has 2 aromatic carbocycles. The molecule has 1 aliphatic rings. The van der Waals surface area contributed by atoms with E-state index in [9.17, 15) is 0 Å². The number of aromatic nitrogens is 3. The zero-order valence-electron chi connectivity index (χ0n) is 21.1. The number of benzene rings is 2. The van der Waals surface area contributed by atoms with Gasteiger partial charge in [-0.05, 0) is 42.0 Å². The van der Waals surface area contributed by atoms with Crippen molar-refractivity contribution in [3.05, 3.63) is 127 Å². The van der Waals surface area contributed by atoms with Crippen LogP contribution in [0.4, 0.5) is 0 Å². The molecule has 0 spiro atoms. The van der Waals surface area contributed by atoms with Crippen molar-refractivity contribution in [1.29, 1.82) is 0 Å². The van der Waals surface area contributed by atoms with E-state index < -0.39 is 0 Å².